The van der Waals surface area contributed by atoms with E-state index in [4.69, 9.17) is 15.0 Å². The number of fused-ring (bicyclic) bond motifs is 1. The van der Waals surface area contributed by atoms with Crippen molar-refractivity contribution >= 4 is 22.4 Å². The quantitative estimate of drug-likeness (QED) is 0.621. The summed E-state index contributed by atoms with van der Waals surface area (Å²) in [6.45, 7) is 8.85. The van der Waals surface area contributed by atoms with Crippen molar-refractivity contribution in [1.29, 1.82) is 5.26 Å². The number of nitriles is 1. The maximum atomic E-state index is 11.7. The molecule has 1 aromatic carbocycles. The van der Waals surface area contributed by atoms with Gasteiger partial charge in [-0.25, -0.2) is 4.98 Å². The molecule has 0 fully saturated rings. The SMILES string of the molecule is CC(=O)N1CC=C(c2cc3c(=N[C@H](C)c4cccc(C#N)c4C)nc(C)n(C)c3cn2)CC1. The Bertz CT molecular complexity index is 1390. The molecule has 0 radical (unpaired) electrons. The second-order valence-corrected chi connectivity index (χ2v) is 8.51. The molecule has 0 bridgehead atoms. The summed E-state index contributed by atoms with van der Waals surface area (Å²) >= 11 is 0. The number of amides is 1. The summed E-state index contributed by atoms with van der Waals surface area (Å²) in [5, 5.41) is 10.3. The molecule has 0 saturated carbocycles. The van der Waals surface area contributed by atoms with Gasteiger partial charge < -0.3 is 9.47 Å². The molecule has 1 amide bonds. The van der Waals surface area contributed by atoms with Crippen LogP contribution in [0.1, 0.15) is 54.5 Å². The number of benzene rings is 1. The van der Waals surface area contributed by atoms with Gasteiger partial charge in [-0.1, -0.05) is 18.2 Å². The zero-order valence-electron chi connectivity index (χ0n) is 19.8. The number of nitrogens with zero attached hydrogens (tertiary/aromatic N) is 6. The highest BCUT2D eigenvalue weighted by molar-refractivity contribution is 5.82. The first kappa shape index (κ1) is 22.4. The van der Waals surface area contributed by atoms with Crippen LogP contribution in [0.4, 0.5) is 0 Å². The fourth-order valence-electron chi connectivity index (χ4n) is 4.30. The van der Waals surface area contributed by atoms with Gasteiger partial charge in [-0.3, -0.25) is 14.8 Å². The van der Waals surface area contributed by atoms with E-state index in [1.165, 1.54) is 0 Å². The molecule has 1 aliphatic rings. The molecule has 1 aliphatic heterocycles. The molecule has 7 heteroatoms. The van der Waals surface area contributed by atoms with Crippen LogP contribution in [0.5, 0.6) is 0 Å². The molecule has 0 spiro atoms. The van der Waals surface area contributed by atoms with E-state index in [0.717, 1.165) is 45.5 Å². The van der Waals surface area contributed by atoms with Gasteiger partial charge in [-0.15, -0.1) is 0 Å². The molecular formula is C26H28N6O. The van der Waals surface area contributed by atoms with E-state index in [2.05, 4.69) is 18.2 Å². The maximum absolute atomic E-state index is 11.7. The molecule has 0 unspecified atom stereocenters. The van der Waals surface area contributed by atoms with Crippen molar-refractivity contribution in [2.45, 2.75) is 40.2 Å². The third-order valence-corrected chi connectivity index (χ3v) is 6.48. The summed E-state index contributed by atoms with van der Waals surface area (Å²) in [6.07, 6.45) is 4.73. The standard InChI is InChI=1S/C26H28N6O/c1-16-21(14-27)7-6-8-22(16)17(2)29-26-23-13-24(20-9-11-32(12-10-20)19(4)33)28-15-25(23)31(5)18(3)30-26/h6-9,13,15,17H,10-12H2,1-5H3/t17-/m1/s1. The molecule has 1 atom stereocenters. The number of rotatable bonds is 3. The van der Waals surface area contributed by atoms with Gasteiger partial charge in [-0.05, 0) is 56.0 Å². The normalized spacial score (nSPS) is 15.3. The van der Waals surface area contributed by atoms with Crippen molar-refractivity contribution in [2.24, 2.45) is 12.0 Å². The molecule has 33 heavy (non-hydrogen) atoms. The van der Waals surface area contributed by atoms with Crippen molar-refractivity contribution in [1.82, 2.24) is 19.4 Å². The number of aryl methyl sites for hydroxylation is 2. The lowest BCUT2D eigenvalue weighted by Crippen LogP contribution is -2.32. The van der Waals surface area contributed by atoms with E-state index < -0.39 is 0 Å². The average molecular weight is 441 g/mol. The topological polar surface area (TPSA) is 87.2 Å². The van der Waals surface area contributed by atoms with Crippen LogP contribution < -0.4 is 5.49 Å². The maximum Gasteiger partial charge on any atom is 0.219 e. The highest BCUT2D eigenvalue weighted by Gasteiger charge is 2.17. The number of pyridine rings is 1. The minimum absolute atomic E-state index is 0.0919. The van der Waals surface area contributed by atoms with Crippen molar-refractivity contribution in [2.75, 3.05) is 13.1 Å². The molecule has 0 saturated heterocycles. The Hall–Kier alpha value is -3.79. The van der Waals surface area contributed by atoms with E-state index in [1.807, 2.05) is 61.7 Å². The minimum atomic E-state index is -0.157. The highest BCUT2D eigenvalue weighted by Crippen LogP contribution is 2.25. The first-order valence-electron chi connectivity index (χ1n) is 11.1. The number of hydrogen-bond donors (Lipinski definition) is 0. The third kappa shape index (κ3) is 4.29. The lowest BCUT2D eigenvalue weighted by atomic mass is 9.98. The summed E-state index contributed by atoms with van der Waals surface area (Å²) < 4.78 is 2.02. The van der Waals surface area contributed by atoms with Gasteiger partial charge in [-0.2, -0.15) is 5.26 Å². The predicted octanol–water partition coefficient (Wildman–Crippen LogP) is 3.75. The number of carbonyl (C=O) groups excluding carboxylic acids is 1. The van der Waals surface area contributed by atoms with Gasteiger partial charge in [0.25, 0.3) is 0 Å². The lowest BCUT2D eigenvalue weighted by molar-refractivity contribution is -0.128. The van der Waals surface area contributed by atoms with Crippen LogP contribution in [-0.2, 0) is 11.8 Å². The Morgan fingerprint density at radius 3 is 2.76 bits per heavy atom. The van der Waals surface area contributed by atoms with Gasteiger partial charge in [0.15, 0.2) is 5.49 Å². The van der Waals surface area contributed by atoms with E-state index in [1.54, 1.807) is 6.92 Å². The first-order valence-corrected chi connectivity index (χ1v) is 11.1. The zero-order chi connectivity index (χ0) is 23.7. The lowest BCUT2D eigenvalue weighted by Gasteiger charge is -2.25. The largest absolute Gasteiger partial charge is 0.339 e. The minimum Gasteiger partial charge on any atom is -0.339 e. The average Bonchev–Trinajstić information content (AvgIpc) is 2.82. The van der Waals surface area contributed by atoms with Gasteiger partial charge in [0.2, 0.25) is 5.91 Å². The number of aromatic nitrogens is 3. The van der Waals surface area contributed by atoms with E-state index in [-0.39, 0.29) is 11.9 Å². The molecule has 2 aromatic heterocycles. The summed E-state index contributed by atoms with van der Waals surface area (Å²) in [4.78, 5) is 28.0. The highest BCUT2D eigenvalue weighted by atomic mass is 16.2. The van der Waals surface area contributed by atoms with Crippen molar-refractivity contribution in [3.8, 4) is 6.07 Å². The van der Waals surface area contributed by atoms with Crippen LogP contribution in [0, 0.1) is 25.2 Å². The zero-order valence-corrected chi connectivity index (χ0v) is 19.8. The molecule has 168 valence electrons. The summed E-state index contributed by atoms with van der Waals surface area (Å²) in [6, 6.07) is 9.90. The van der Waals surface area contributed by atoms with Gasteiger partial charge in [0, 0.05) is 32.4 Å². The van der Waals surface area contributed by atoms with Crippen molar-refractivity contribution in [3.05, 3.63) is 70.2 Å². The van der Waals surface area contributed by atoms with Crippen LogP contribution in [0.3, 0.4) is 0 Å². The van der Waals surface area contributed by atoms with E-state index in [9.17, 15) is 10.1 Å². The molecular weight excluding hydrogens is 412 g/mol. The fraction of sp³-hybridized carbons (Fsp3) is 0.346. The smallest absolute Gasteiger partial charge is 0.219 e. The first-order chi connectivity index (χ1) is 15.8. The van der Waals surface area contributed by atoms with Crippen molar-refractivity contribution < 1.29 is 4.79 Å². The summed E-state index contributed by atoms with van der Waals surface area (Å²) in [5.74, 6) is 0.939. The van der Waals surface area contributed by atoms with Crippen LogP contribution in [0.25, 0.3) is 16.5 Å². The second kappa shape index (κ2) is 8.99. The molecule has 7 nitrogen and oxygen atoms in total. The summed E-state index contributed by atoms with van der Waals surface area (Å²) in [7, 11) is 1.98. The third-order valence-electron chi connectivity index (χ3n) is 6.48. The molecule has 4 rings (SSSR count). The van der Waals surface area contributed by atoms with Crippen LogP contribution in [-0.4, -0.2) is 38.4 Å². The number of carbonyl (C=O) groups is 1. The fourth-order valence-corrected chi connectivity index (χ4v) is 4.30. The van der Waals surface area contributed by atoms with Crippen LogP contribution in [0.15, 0.2) is 41.5 Å². The Balaban J connectivity index is 1.83. The van der Waals surface area contributed by atoms with Crippen molar-refractivity contribution in [3.63, 3.8) is 0 Å². The molecule has 0 N–H and O–H groups in total. The van der Waals surface area contributed by atoms with Gasteiger partial charge in [0.1, 0.15) is 5.82 Å². The Kier molecular flexibility index (Phi) is 6.10. The van der Waals surface area contributed by atoms with Gasteiger partial charge >= 0.3 is 0 Å². The predicted molar refractivity (Wildman–Crippen MR) is 128 cm³/mol. The van der Waals surface area contributed by atoms with E-state index >= 15 is 0 Å². The van der Waals surface area contributed by atoms with Gasteiger partial charge in [0.05, 0.1) is 35.1 Å². The Labute approximate surface area is 193 Å². The Morgan fingerprint density at radius 1 is 1.30 bits per heavy atom. The molecule has 0 aliphatic carbocycles. The second-order valence-electron chi connectivity index (χ2n) is 8.51. The Morgan fingerprint density at radius 2 is 2.09 bits per heavy atom. The molecule has 3 heterocycles. The summed E-state index contributed by atoms with van der Waals surface area (Å²) in [5.41, 5.74) is 6.28. The number of hydrogen-bond acceptors (Lipinski definition) is 5. The van der Waals surface area contributed by atoms with E-state index in [0.29, 0.717) is 24.1 Å². The molecule has 3 aromatic rings. The van der Waals surface area contributed by atoms with Crippen LogP contribution >= 0.6 is 0 Å². The van der Waals surface area contributed by atoms with Crippen LogP contribution in [0.2, 0.25) is 0 Å². The monoisotopic (exact) mass is 440 g/mol.